The highest BCUT2D eigenvalue weighted by Gasteiger charge is 2.33. The molecule has 1 saturated carbocycles. The summed E-state index contributed by atoms with van der Waals surface area (Å²) in [5, 5.41) is 9.42. The predicted molar refractivity (Wildman–Crippen MR) is 47.8 cm³/mol. The number of aliphatic hydroxyl groups excluding tert-OH is 1. The van der Waals surface area contributed by atoms with Crippen molar-refractivity contribution in [1.29, 1.82) is 0 Å². The van der Waals surface area contributed by atoms with Gasteiger partial charge >= 0.3 is 0 Å². The quantitative estimate of drug-likeness (QED) is 0.682. The Labute approximate surface area is 74.0 Å². The van der Waals surface area contributed by atoms with Gasteiger partial charge in [0.25, 0.3) is 0 Å². The van der Waals surface area contributed by atoms with Crippen LogP contribution < -0.4 is 0 Å². The molecular formula is C10H18O2. The van der Waals surface area contributed by atoms with Crippen LogP contribution in [0.25, 0.3) is 0 Å². The second kappa shape index (κ2) is 4.04. The average molecular weight is 170 g/mol. The number of ketones is 1. The highest BCUT2D eigenvalue weighted by Crippen LogP contribution is 2.33. The third kappa shape index (κ3) is 2.94. The van der Waals surface area contributed by atoms with E-state index >= 15 is 0 Å². The van der Waals surface area contributed by atoms with Crippen LogP contribution in [0.1, 0.15) is 39.5 Å². The van der Waals surface area contributed by atoms with Crippen LogP contribution in [0.2, 0.25) is 0 Å². The third-order valence-corrected chi connectivity index (χ3v) is 2.37. The molecule has 1 aliphatic carbocycles. The second-order valence-corrected chi connectivity index (χ2v) is 4.18. The van der Waals surface area contributed by atoms with Crippen molar-refractivity contribution in [1.82, 2.24) is 0 Å². The van der Waals surface area contributed by atoms with Crippen molar-refractivity contribution in [3.05, 3.63) is 0 Å². The van der Waals surface area contributed by atoms with Crippen LogP contribution in [0.4, 0.5) is 0 Å². The van der Waals surface area contributed by atoms with Gasteiger partial charge in [-0.1, -0.05) is 13.8 Å². The van der Waals surface area contributed by atoms with Gasteiger partial charge in [-0.05, 0) is 31.1 Å². The summed E-state index contributed by atoms with van der Waals surface area (Å²) in [5.41, 5.74) is 0. The van der Waals surface area contributed by atoms with Crippen LogP contribution in [0.3, 0.4) is 0 Å². The van der Waals surface area contributed by atoms with Gasteiger partial charge in [0.15, 0.2) is 5.78 Å². The molecule has 0 radical (unpaired) electrons. The molecular weight excluding hydrogens is 152 g/mol. The molecule has 0 amide bonds. The molecule has 1 rings (SSSR count). The highest BCUT2D eigenvalue weighted by molar-refractivity contribution is 5.83. The summed E-state index contributed by atoms with van der Waals surface area (Å²) >= 11 is 0. The summed E-state index contributed by atoms with van der Waals surface area (Å²) in [6.45, 7) is 4.19. The van der Waals surface area contributed by atoms with E-state index in [1.165, 1.54) is 0 Å². The number of carbonyl (C=O) groups excluding carboxylic acids is 1. The molecule has 0 aromatic carbocycles. The van der Waals surface area contributed by atoms with Crippen molar-refractivity contribution in [2.24, 2.45) is 11.8 Å². The Hall–Kier alpha value is -0.370. The molecule has 2 heteroatoms. The molecule has 1 N–H and O–H groups in total. The number of Topliss-reactive ketones (excluding diaryl/α,β-unsaturated/α-hetero) is 1. The zero-order valence-electron chi connectivity index (χ0n) is 7.92. The molecule has 0 aromatic heterocycles. The van der Waals surface area contributed by atoms with E-state index in [-0.39, 0.29) is 5.78 Å². The molecule has 1 aliphatic rings. The normalized spacial score (nSPS) is 19.7. The molecule has 0 heterocycles. The van der Waals surface area contributed by atoms with Crippen molar-refractivity contribution in [2.45, 2.75) is 45.6 Å². The number of aliphatic hydroxyl groups is 1. The Morgan fingerprint density at radius 1 is 1.50 bits per heavy atom. The minimum absolute atomic E-state index is 0.0474. The summed E-state index contributed by atoms with van der Waals surface area (Å²) in [4.78, 5) is 11.3. The van der Waals surface area contributed by atoms with E-state index < -0.39 is 6.10 Å². The Morgan fingerprint density at radius 3 is 2.50 bits per heavy atom. The van der Waals surface area contributed by atoms with Gasteiger partial charge in [0.05, 0.1) is 0 Å². The van der Waals surface area contributed by atoms with Gasteiger partial charge in [-0.15, -0.1) is 0 Å². The van der Waals surface area contributed by atoms with Gasteiger partial charge in [-0.25, -0.2) is 0 Å². The lowest BCUT2D eigenvalue weighted by Gasteiger charge is -2.08. The van der Waals surface area contributed by atoms with Gasteiger partial charge in [-0.2, -0.15) is 0 Å². The van der Waals surface area contributed by atoms with Gasteiger partial charge in [0.1, 0.15) is 6.10 Å². The van der Waals surface area contributed by atoms with E-state index in [1.54, 1.807) is 0 Å². The maximum Gasteiger partial charge on any atom is 0.161 e. The fraction of sp³-hybridized carbons (Fsp3) is 0.900. The number of rotatable bonds is 5. The van der Waals surface area contributed by atoms with Crippen LogP contribution in [0, 0.1) is 11.8 Å². The lowest BCUT2D eigenvalue weighted by Crippen LogP contribution is -2.22. The first kappa shape index (κ1) is 9.72. The summed E-state index contributed by atoms with van der Waals surface area (Å²) in [7, 11) is 0. The number of carbonyl (C=O) groups is 1. The average Bonchev–Trinajstić information content (AvgIpc) is 2.80. The van der Waals surface area contributed by atoms with Crippen LogP contribution in [0.5, 0.6) is 0 Å². The Morgan fingerprint density at radius 2 is 2.08 bits per heavy atom. The summed E-state index contributed by atoms with van der Waals surface area (Å²) in [6.07, 6.45) is 2.88. The summed E-state index contributed by atoms with van der Waals surface area (Å²) in [5.74, 6) is 0.899. The molecule has 12 heavy (non-hydrogen) atoms. The van der Waals surface area contributed by atoms with Gasteiger partial charge < -0.3 is 5.11 Å². The van der Waals surface area contributed by atoms with E-state index in [9.17, 15) is 9.90 Å². The summed E-state index contributed by atoms with van der Waals surface area (Å²) in [6, 6.07) is 0. The molecule has 0 aliphatic heterocycles. The zero-order chi connectivity index (χ0) is 9.14. The van der Waals surface area contributed by atoms with Gasteiger partial charge in [-0.3, -0.25) is 4.79 Å². The van der Waals surface area contributed by atoms with Crippen molar-refractivity contribution in [3.63, 3.8) is 0 Å². The number of hydrogen-bond donors (Lipinski definition) is 1. The van der Waals surface area contributed by atoms with E-state index in [1.807, 2.05) is 0 Å². The van der Waals surface area contributed by atoms with Crippen molar-refractivity contribution >= 4 is 5.78 Å². The van der Waals surface area contributed by atoms with Crippen LogP contribution in [-0.2, 0) is 4.79 Å². The first-order chi connectivity index (χ1) is 5.61. The van der Waals surface area contributed by atoms with Crippen molar-refractivity contribution in [3.8, 4) is 0 Å². The Bertz CT molecular complexity index is 159. The fourth-order valence-electron chi connectivity index (χ4n) is 1.25. The Kier molecular flexibility index (Phi) is 3.27. The van der Waals surface area contributed by atoms with Crippen molar-refractivity contribution < 1.29 is 9.90 Å². The maximum atomic E-state index is 11.3. The number of hydrogen-bond acceptors (Lipinski definition) is 2. The lowest BCUT2D eigenvalue weighted by atomic mass is 10.0. The molecule has 1 fully saturated rings. The lowest BCUT2D eigenvalue weighted by molar-refractivity contribution is -0.128. The molecule has 0 saturated heterocycles. The second-order valence-electron chi connectivity index (χ2n) is 4.18. The highest BCUT2D eigenvalue weighted by atomic mass is 16.3. The van der Waals surface area contributed by atoms with E-state index in [0.29, 0.717) is 18.3 Å². The maximum absolute atomic E-state index is 11.3. The monoisotopic (exact) mass is 170 g/mol. The molecule has 70 valence electrons. The van der Waals surface area contributed by atoms with Gasteiger partial charge in [0.2, 0.25) is 0 Å². The van der Waals surface area contributed by atoms with Gasteiger partial charge in [0, 0.05) is 6.42 Å². The molecule has 2 nitrogen and oxygen atoms in total. The molecule has 1 atom stereocenters. The summed E-state index contributed by atoms with van der Waals surface area (Å²) < 4.78 is 0. The predicted octanol–water partition coefficient (Wildman–Crippen LogP) is 1.76. The van der Waals surface area contributed by atoms with Crippen molar-refractivity contribution in [2.75, 3.05) is 0 Å². The molecule has 0 bridgehead atoms. The first-order valence-corrected chi connectivity index (χ1v) is 4.82. The Balaban J connectivity index is 2.17. The molecule has 0 aromatic rings. The minimum Gasteiger partial charge on any atom is -0.385 e. The fourth-order valence-corrected chi connectivity index (χ4v) is 1.25. The third-order valence-electron chi connectivity index (χ3n) is 2.37. The smallest absolute Gasteiger partial charge is 0.161 e. The zero-order valence-corrected chi connectivity index (χ0v) is 7.92. The van der Waals surface area contributed by atoms with E-state index in [0.717, 1.165) is 19.3 Å². The first-order valence-electron chi connectivity index (χ1n) is 4.82. The van der Waals surface area contributed by atoms with Crippen LogP contribution in [-0.4, -0.2) is 17.0 Å². The standard InChI is InChI=1S/C10H18O2/c1-7(2)3-6-9(11)10(12)8-4-5-8/h7-8,10,12H,3-6H2,1-2H3. The van der Waals surface area contributed by atoms with E-state index in [2.05, 4.69) is 13.8 Å². The van der Waals surface area contributed by atoms with Crippen LogP contribution >= 0.6 is 0 Å². The molecule has 0 spiro atoms. The largest absolute Gasteiger partial charge is 0.385 e. The van der Waals surface area contributed by atoms with Crippen LogP contribution in [0.15, 0.2) is 0 Å². The SMILES string of the molecule is CC(C)CCC(=O)C(O)C1CC1. The topological polar surface area (TPSA) is 37.3 Å². The molecule has 1 unspecified atom stereocenters. The minimum atomic E-state index is -0.649. The van der Waals surface area contributed by atoms with E-state index in [4.69, 9.17) is 0 Å².